The van der Waals surface area contributed by atoms with Crippen molar-refractivity contribution in [2.75, 3.05) is 41.7 Å². The lowest BCUT2D eigenvalue weighted by Gasteiger charge is -2.25. The molecule has 6 N–H and O–H groups in total. The van der Waals surface area contributed by atoms with Crippen LogP contribution in [0.15, 0.2) is 52.1 Å². The fourth-order valence-electron chi connectivity index (χ4n) is 3.53. The van der Waals surface area contributed by atoms with Crippen LogP contribution < -0.4 is 37.3 Å². The summed E-state index contributed by atoms with van der Waals surface area (Å²) in [4.78, 5) is 62.4. The maximum absolute atomic E-state index is 12.1. The Kier molecular flexibility index (Phi) is 9.76. The second kappa shape index (κ2) is 13.4. The normalized spacial score (nSPS) is 10.4. The molecular weight excluding hydrogens is 478 g/mol. The number of rotatable bonds is 11. The lowest BCUT2D eigenvalue weighted by Crippen LogP contribution is -2.35. The molecule has 13 heteroatoms. The molecule has 0 radical (unpaired) electrons. The van der Waals surface area contributed by atoms with E-state index in [1.165, 1.54) is 12.1 Å². The van der Waals surface area contributed by atoms with E-state index in [0.29, 0.717) is 50.4 Å². The molecule has 0 aliphatic rings. The van der Waals surface area contributed by atoms with Crippen molar-refractivity contribution in [1.82, 2.24) is 30.6 Å². The van der Waals surface area contributed by atoms with Crippen molar-refractivity contribution >= 4 is 29.6 Å². The molecule has 2 heterocycles. The van der Waals surface area contributed by atoms with Crippen LogP contribution in [-0.2, 0) is 0 Å². The Labute approximate surface area is 213 Å². The molecular formula is C24H31N9O4. The fourth-order valence-corrected chi connectivity index (χ4v) is 3.53. The third kappa shape index (κ3) is 9.47. The van der Waals surface area contributed by atoms with Crippen LogP contribution in [0.4, 0.5) is 27.2 Å². The molecule has 1 aromatic carbocycles. The molecule has 0 bridgehead atoms. The number of aromatic nitrogens is 4. The average Bonchev–Trinajstić information content (AvgIpc) is 2.82. The molecule has 0 saturated heterocycles. The van der Waals surface area contributed by atoms with Crippen LogP contribution in [0.5, 0.6) is 0 Å². The van der Waals surface area contributed by atoms with E-state index in [9.17, 15) is 19.2 Å². The van der Waals surface area contributed by atoms with Crippen LogP contribution in [0.25, 0.3) is 0 Å². The molecule has 0 aliphatic heterocycles. The van der Waals surface area contributed by atoms with Gasteiger partial charge in [-0.05, 0) is 38.8 Å². The summed E-state index contributed by atoms with van der Waals surface area (Å²) in [5, 5.41) is 10.5. The number of benzene rings is 1. The third-order valence-corrected chi connectivity index (χ3v) is 5.12. The average molecular weight is 510 g/mol. The second-order valence-electron chi connectivity index (χ2n) is 8.29. The number of H-pyrrole nitrogens is 2. The number of para-hydroxylation sites is 1. The predicted molar refractivity (Wildman–Crippen MR) is 141 cm³/mol. The van der Waals surface area contributed by atoms with E-state index >= 15 is 0 Å². The lowest BCUT2D eigenvalue weighted by atomic mass is 10.2. The van der Waals surface area contributed by atoms with Crippen molar-refractivity contribution in [2.45, 2.75) is 26.7 Å². The number of carbonyl (C=O) groups excluding carboxylic acids is 2. The number of nitrogens with one attached hydrogen (secondary N) is 6. The molecule has 0 spiro atoms. The Morgan fingerprint density at radius 3 is 1.68 bits per heavy atom. The number of nitrogens with zero attached hydrogens (tertiary/aromatic N) is 3. The van der Waals surface area contributed by atoms with Crippen molar-refractivity contribution in [3.63, 3.8) is 0 Å². The standard InChI is InChI=1S/C24H31N9O4/c1-16-14-19(34)29-21(27-16)31-23(36)25-10-6-12-33(18-8-4-3-5-9-18)13-7-11-26-24(37)32-22-28-17(2)15-20(35)30-22/h3-5,8-9,14-15H,6-7,10-13H2,1-2H3,(H3,25,27,29,31,34,36)(H3,26,28,30,32,35,37). The molecule has 3 aromatic rings. The molecule has 2 aromatic heterocycles. The first-order chi connectivity index (χ1) is 17.8. The van der Waals surface area contributed by atoms with Crippen molar-refractivity contribution in [1.29, 1.82) is 0 Å². The van der Waals surface area contributed by atoms with E-state index < -0.39 is 23.2 Å². The highest BCUT2D eigenvalue weighted by Crippen LogP contribution is 2.13. The quantitative estimate of drug-likeness (QED) is 0.213. The zero-order valence-corrected chi connectivity index (χ0v) is 20.8. The maximum Gasteiger partial charge on any atom is 0.321 e. The van der Waals surface area contributed by atoms with E-state index in [0.717, 1.165) is 5.69 Å². The summed E-state index contributed by atoms with van der Waals surface area (Å²) >= 11 is 0. The van der Waals surface area contributed by atoms with Crippen molar-refractivity contribution in [3.8, 4) is 0 Å². The SMILES string of the molecule is Cc1cc(=O)nc(NC(=O)NCCCN(CCCNC(=O)Nc2nc(=O)cc(C)[nH]2)c2ccccc2)[nH]1. The Morgan fingerprint density at radius 2 is 1.24 bits per heavy atom. The number of urea groups is 2. The van der Waals surface area contributed by atoms with Gasteiger partial charge in [0.2, 0.25) is 11.9 Å². The van der Waals surface area contributed by atoms with Crippen molar-refractivity contribution in [2.24, 2.45) is 0 Å². The molecule has 4 amide bonds. The van der Waals surface area contributed by atoms with Gasteiger partial charge >= 0.3 is 12.1 Å². The van der Waals surface area contributed by atoms with Crippen LogP contribution in [0, 0.1) is 13.8 Å². The van der Waals surface area contributed by atoms with Crippen LogP contribution >= 0.6 is 0 Å². The lowest BCUT2D eigenvalue weighted by molar-refractivity contribution is 0.251. The van der Waals surface area contributed by atoms with E-state index in [2.05, 4.69) is 46.1 Å². The van der Waals surface area contributed by atoms with Gasteiger partial charge in [0.1, 0.15) is 0 Å². The fraction of sp³-hybridized carbons (Fsp3) is 0.333. The summed E-state index contributed by atoms with van der Waals surface area (Å²) in [6, 6.07) is 11.6. The molecule has 3 rings (SSSR count). The number of hydrogen-bond acceptors (Lipinski definition) is 7. The number of carbonyl (C=O) groups is 2. The Bertz CT molecular complexity index is 1230. The smallest absolute Gasteiger partial charge is 0.321 e. The highest BCUT2D eigenvalue weighted by atomic mass is 16.2. The number of aryl methyl sites for hydroxylation is 2. The number of amides is 4. The summed E-state index contributed by atoms with van der Waals surface area (Å²) in [6.45, 7) is 5.57. The molecule has 0 atom stereocenters. The zero-order valence-electron chi connectivity index (χ0n) is 20.8. The van der Waals surface area contributed by atoms with Gasteiger partial charge in [-0.25, -0.2) is 9.59 Å². The minimum atomic E-state index is -0.459. The maximum atomic E-state index is 12.1. The molecule has 196 valence electrons. The summed E-state index contributed by atoms with van der Waals surface area (Å²) in [7, 11) is 0. The summed E-state index contributed by atoms with van der Waals surface area (Å²) in [5.41, 5.74) is 1.36. The van der Waals surface area contributed by atoms with E-state index in [4.69, 9.17) is 0 Å². The first-order valence-corrected chi connectivity index (χ1v) is 11.8. The molecule has 0 fully saturated rings. The van der Waals surface area contributed by atoms with Gasteiger partial charge in [0, 0.05) is 55.4 Å². The van der Waals surface area contributed by atoms with E-state index in [1.54, 1.807) is 13.8 Å². The number of aromatic amines is 2. The predicted octanol–water partition coefficient (Wildman–Crippen LogP) is 1.70. The third-order valence-electron chi connectivity index (χ3n) is 5.12. The zero-order chi connectivity index (χ0) is 26.6. The number of anilines is 3. The molecule has 13 nitrogen and oxygen atoms in total. The highest BCUT2D eigenvalue weighted by Gasteiger charge is 2.09. The number of hydrogen-bond donors (Lipinski definition) is 6. The summed E-state index contributed by atoms with van der Waals surface area (Å²) < 4.78 is 0. The molecule has 0 aliphatic carbocycles. The monoisotopic (exact) mass is 509 g/mol. The summed E-state index contributed by atoms with van der Waals surface area (Å²) in [5.74, 6) is 0.184. The van der Waals surface area contributed by atoms with Crippen LogP contribution in [-0.4, -0.2) is 58.2 Å². The Balaban J connectivity index is 1.42. The molecule has 37 heavy (non-hydrogen) atoms. The van der Waals surface area contributed by atoms with Gasteiger partial charge in [0.25, 0.3) is 11.1 Å². The van der Waals surface area contributed by atoms with Gasteiger partial charge in [-0.3, -0.25) is 20.2 Å². The molecule has 0 unspecified atom stereocenters. The van der Waals surface area contributed by atoms with Crippen molar-refractivity contribution in [3.05, 3.63) is 74.6 Å². The first kappa shape index (κ1) is 26.9. The van der Waals surface area contributed by atoms with Crippen LogP contribution in [0.3, 0.4) is 0 Å². The van der Waals surface area contributed by atoms with Gasteiger partial charge in [-0.2, -0.15) is 9.97 Å². The van der Waals surface area contributed by atoms with E-state index in [-0.39, 0.29) is 11.9 Å². The van der Waals surface area contributed by atoms with Gasteiger partial charge in [-0.1, -0.05) is 18.2 Å². The topological polar surface area (TPSA) is 177 Å². The molecule has 0 saturated carbocycles. The van der Waals surface area contributed by atoms with Gasteiger partial charge in [-0.15, -0.1) is 0 Å². The minimum Gasteiger partial charge on any atom is -0.371 e. The van der Waals surface area contributed by atoms with Gasteiger partial charge in [0.15, 0.2) is 0 Å². The Morgan fingerprint density at radius 1 is 0.784 bits per heavy atom. The van der Waals surface area contributed by atoms with Crippen molar-refractivity contribution < 1.29 is 9.59 Å². The Hall–Kier alpha value is -4.68. The van der Waals surface area contributed by atoms with E-state index in [1.807, 2.05) is 30.3 Å². The minimum absolute atomic E-state index is 0.0921. The van der Waals surface area contributed by atoms with Gasteiger partial charge < -0.3 is 25.5 Å². The van der Waals surface area contributed by atoms with Gasteiger partial charge in [0.05, 0.1) is 0 Å². The highest BCUT2D eigenvalue weighted by molar-refractivity contribution is 5.87. The van der Waals surface area contributed by atoms with Crippen LogP contribution in [0.2, 0.25) is 0 Å². The second-order valence-corrected chi connectivity index (χ2v) is 8.29. The first-order valence-electron chi connectivity index (χ1n) is 11.8. The van der Waals surface area contributed by atoms with Crippen LogP contribution in [0.1, 0.15) is 24.2 Å². The largest absolute Gasteiger partial charge is 0.371 e. The summed E-state index contributed by atoms with van der Waals surface area (Å²) in [6.07, 6.45) is 1.33.